The fraction of sp³-hybridized carbons (Fsp3) is 0.471. The quantitative estimate of drug-likeness (QED) is 0.859. The molecule has 21 heavy (non-hydrogen) atoms. The lowest BCUT2D eigenvalue weighted by atomic mass is 10.0. The lowest BCUT2D eigenvalue weighted by Crippen LogP contribution is -2.22. The van der Waals surface area contributed by atoms with Gasteiger partial charge in [0.1, 0.15) is 0 Å². The molecule has 2 aromatic rings. The van der Waals surface area contributed by atoms with Gasteiger partial charge in [-0.15, -0.1) is 0 Å². The maximum Gasteiger partial charge on any atom is 0.0917 e. The van der Waals surface area contributed by atoms with E-state index in [4.69, 9.17) is 0 Å². The lowest BCUT2D eigenvalue weighted by Gasteiger charge is -2.14. The van der Waals surface area contributed by atoms with Gasteiger partial charge in [-0.1, -0.05) is 24.3 Å². The molecule has 0 aliphatic carbocycles. The molecule has 0 radical (unpaired) electrons. The Morgan fingerprint density at radius 2 is 1.95 bits per heavy atom. The molecule has 0 aliphatic heterocycles. The number of aliphatic hydroxyl groups is 1. The monoisotopic (exact) mass is 287 g/mol. The van der Waals surface area contributed by atoms with Crippen LogP contribution in [0.1, 0.15) is 41.1 Å². The van der Waals surface area contributed by atoms with Crippen molar-refractivity contribution in [2.45, 2.75) is 46.9 Å². The molecule has 0 amide bonds. The second-order valence-corrected chi connectivity index (χ2v) is 5.47. The zero-order valence-electron chi connectivity index (χ0n) is 13.3. The van der Waals surface area contributed by atoms with Crippen molar-refractivity contribution in [3.8, 4) is 0 Å². The molecule has 0 bridgehead atoms. The standard InChI is InChI=1S/C17H25N3O/c1-5-20-14(4)16(13(3)19-20)10-18-11-17(21)15-9-7-6-8-12(15)2/h6-9,17-18,21H,5,10-11H2,1-4H3. The van der Waals surface area contributed by atoms with Crippen molar-refractivity contribution in [2.24, 2.45) is 0 Å². The molecular weight excluding hydrogens is 262 g/mol. The second kappa shape index (κ2) is 6.87. The molecule has 2 N–H and O–H groups in total. The van der Waals surface area contributed by atoms with E-state index in [0.717, 1.165) is 29.9 Å². The van der Waals surface area contributed by atoms with Crippen molar-refractivity contribution >= 4 is 0 Å². The minimum absolute atomic E-state index is 0.479. The van der Waals surface area contributed by atoms with E-state index in [1.54, 1.807) is 0 Å². The number of hydrogen-bond acceptors (Lipinski definition) is 3. The van der Waals surface area contributed by atoms with E-state index >= 15 is 0 Å². The molecule has 4 heteroatoms. The first-order valence-electron chi connectivity index (χ1n) is 7.51. The van der Waals surface area contributed by atoms with Crippen LogP contribution in [0.5, 0.6) is 0 Å². The van der Waals surface area contributed by atoms with Gasteiger partial charge in [0.15, 0.2) is 0 Å². The molecule has 1 unspecified atom stereocenters. The van der Waals surface area contributed by atoms with E-state index in [1.165, 1.54) is 11.3 Å². The predicted octanol–water partition coefficient (Wildman–Crippen LogP) is 2.65. The average molecular weight is 287 g/mol. The van der Waals surface area contributed by atoms with Gasteiger partial charge in [-0.25, -0.2) is 0 Å². The van der Waals surface area contributed by atoms with Crippen LogP contribution in [0.2, 0.25) is 0 Å². The largest absolute Gasteiger partial charge is 0.387 e. The molecule has 0 saturated heterocycles. The van der Waals surface area contributed by atoms with Crippen LogP contribution in [0.25, 0.3) is 0 Å². The summed E-state index contributed by atoms with van der Waals surface area (Å²) < 4.78 is 2.02. The first kappa shape index (κ1) is 15.7. The summed E-state index contributed by atoms with van der Waals surface area (Å²) in [5.74, 6) is 0. The molecule has 1 aromatic heterocycles. The zero-order chi connectivity index (χ0) is 15.4. The van der Waals surface area contributed by atoms with Crippen LogP contribution in [-0.2, 0) is 13.1 Å². The second-order valence-electron chi connectivity index (χ2n) is 5.47. The van der Waals surface area contributed by atoms with Crippen molar-refractivity contribution in [3.05, 3.63) is 52.3 Å². The van der Waals surface area contributed by atoms with Crippen LogP contribution in [0.4, 0.5) is 0 Å². The Hall–Kier alpha value is -1.65. The zero-order valence-corrected chi connectivity index (χ0v) is 13.3. The third-order valence-electron chi connectivity index (χ3n) is 4.02. The minimum Gasteiger partial charge on any atom is -0.387 e. The van der Waals surface area contributed by atoms with E-state index in [1.807, 2.05) is 42.8 Å². The highest BCUT2D eigenvalue weighted by molar-refractivity contribution is 5.28. The van der Waals surface area contributed by atoms with E-state index < -0.39 is 6.10 Å². The number of nitrogens with zero attached hydrogens (tertiary/aromatic N) is 2. The molecule has 1 atom stereocenters. The summed E-state index contributed by atoms with van der Waals surface area (Å²) in [7, 11) is 0. The van der Waals surface area contributed by atoms with Gasteiger partial charge in [0.2, 0.25) is 0 Å². The molecule has 114 valence electrons. The predicted molar refractivity (Wildman–Crippen MR) is 85.2 cm³/mol. The van der Waals surface area contributed by atoms with Crippen LogP contribution in [0, 0.1) is 20.8 Å². The highest BCUT2D eigenvalue weighted by Crippen LogP contribution is 2.17. The van der Waals surface area contributed by atoms with Crippen LogP contribution in [0.3, 0.4) is 0 Å². The maximum atomic E-state index is 10.3. The summed E-state index contributed by atoms with van der Waals surface area (Å²) in [5.41, 5.74) is 5.61. The van der Waals surface area contributed by atoms with E-state index in [9.17, 15) is 5.11 Å². The molecule has 4 nitrogen and oxygen atoms in total. The number of benzene rings is 1. The molecule has 0 fully saturated rings. The minimum atomic E-state index is -0.479. The van der Waals surface area contributed by atoms with Gasteiger partial charge in [-0.3, -0.25) is 4.68 Å². The van der Waals surface area contributed by atoms with E-state index in [-0.39, 0.29) is 0 Å². The lowest BCUT2D eigenvalue weighted by molar-refractivity contribution is 0.173. The number of nitrogens with one attached hydrogen (secondary N) is 1. The van der Waals surface area contributed by atoms with Crippen molar-refractivity contribution in [1.29, 1.82) is 0 Å². The van der Waals surface area contributed by atoms with Gasteiger partial charge in [-0.05, 0) is 38.8 Å². The summed E-state index contributed by atoms with van der Waals surface area (Å²) in [4.78, 5) is 0. The fourth-order valence-corrected chi connectivity index (χ4v) is 2.70. The fourth-order valence-electron chi connectivity index (χ4n) is 2.70. The Morgan fingerprint density at radius 3 is 2.57 bits per heavy atom. The van der Waals surface area contributed by atoms with Crippen molar-refractivity contribution < 1.29 is 5.11 Å². The van der Waals surface area contributed by atoms with E-state index in [2.05, 4.69) is 24.3 Å². The van der Waals surface area contributed by atoms with Gasteiger partial charge in [0, 0.05) is 30.9 Å². The van der Waals surface area contributed by atoms with Crippen LogP contribution < -0.4 is 5.32 Å². The smallest absolute Gasteiger partial charge is 0.0917 e. The van der Waals surface area contributed by atoms with Gasteiger partial charge in [-0.2, -0.15) is 5.10 Å². The summed E-state index contributed by atoms with van der Waals surface area (Å²) in [6.07, 6.45) is -0.479. The van der Waals surface area contributed by atoms with Crippen molar-refractivity contribution in [2.75, 3.05) is 6.54 Å². The Morgan fingerprint density at radius 1 is 1.24 bits per heavy atom. The third kappa shape index (κ3) is 3.52. The van der Waals surface area contributed by atoms with E-state index in [0.29, 0.717) is 6.54 Å². The van der Waals surface area contributed by atoms with Crippen molar-refractivity contribution in [1.82, 2.24) is 15.1 Å². The first-order valence-corrected chi connectivity index (χ1v) is 7.51. The number of rotatable bonds is 6. The third-order valence-corrected chi connectivity index (χ3v) is 4.02. The average Bonchev–Trinajstić information content (AvgIpc) is 2.74. The number of aliphatic hydroxyl groups excluding tert-OH is 1. The highest BCUT2D eigenvalue weighted by atomic mass is 16.3. The Labute approximate surface area is 126 Å². The molecule has 2 rings (SSSR count). The van der Waals surface area contributed by atoms with Gasteiger partial charge in [0.05, 0.1) is 11.8 Å². The number of aryl methyl sites for hydroxylation is 3. The molecule has 1 aromatic carbocycles. The first-order chi connectivity index (χ1) is 10.0. The van der Waals surface area contributed by atoms with Crippen LogP contribution in [0.15, 0.2) is 24.3 Å². The van der Waals surface area contributed by atoms with Gasteiger partial charge < -0.3 is 10.4 Å². The van der Waals surface area contributed by atoms with Gasteiger partial charge >= 0.3 is 0 Å². The van der Waals surface area contributed by atoms with Crippen LogP contribution >= 0.6 is 0 Å². The molecule has 1 heterocycles. The summed E-state index contributed by atoms with van der Waals surface area (Å²) in [6, 6.07) is 7.96. The molecule has 0 spiro atoms. The summed E-state index contributed by atoms with van der Waals surface area (Å²) >= 11 is 0. The summed E-state index contributed by atoms with van der Waals surface area (Å²) in [6.45, 7) is 10.4. The van der Waals surface area contributed by atoms with Gasteiger partial charge in [0.25, 0.3) is 0 Å². The molecular formula is C17H25N3O. The highest BCUT2D eigenvalue weighted by Gasteiger charge is 2.12. The maximum absolute atomic E-state index is 10.3. The summed E-state index contributed by atoms with van der Waals surface area (Å²) in [5, 5.41) is 18.1. The Kier molecular flexibility index (Phi) is 5.15. The van der Waals surface area contributed by atoms with Crippen molar-refractivity contribution in [3.63, 3.8) is 0 Å². The topological polar surface area (TPSA) is 50.1 Å². The Balaban J connectivity index is 1.96. The number of hydrogen-bond donors (Lipinski definition) is 2. The SMILES string of the molecule is CCn1nc(C)c(CNCC(O)c2ccccc2C)c1C. The number of aromatic nitrogens is 2. The van der Waals surface area contributed by atoms with Crippen LogP contribution in [-0.4, -0.2) is 21.4 Å². The normalized spacial score (nSPS) is 12.6. The molecule has 0 saturated carbocycles. The Bertz CT molecular complexity index is 604. The molecule has 0 aliphatic rings.